The Balaban J connectivity index is 1.61. The third-order valence-electron chi connectivity index (χ3n) is 4.85. The highest BCUT2D eigenvalue weighted by molar-refractivity contribution is 7.07. The van der Waals surface area contributed by atoms with Crippen molar-refractivity contribution in [3.63, 3.8) is 0 Å². The molecule has 1 aromatic heterocycles. The number of likely N-dealkylation sites (tertiary alicyclic amines) is 2. The van der Waals surface area contributed by atoms with E-state index < -0.39 is 0 Å². The van der Waals surface area contributed by atoms with E-state index in [1.54, 1.807) is 11.3 Å². The second-order valence-corrected chi connectivity index (χ2v) is 7.71. The fourth-order valence-electron chi connectivity index (χ4n) is 4.00. The first-order valence-electron chi connectivity index (χ1n) is 8.17. The topological polar surface area (TPSA) is 23.6 Å². The molecule has 0 spiro atoms. The van der Waals surface area contributed by atoms with Crippen LogP contribution < -0.4 is 0 Å². The molecule has 3 heterocycles. The smallest absolute Gasteiger partial charge is 0.236 e. The van der Waals surface area contributed by atoms with Gasteiger partial charge in [-0.25, -0.2) is 0 Å². The fourth-order valence-corrected chi connectivity index (χ4v) is 4.70. The van der Waals surface area contributed by atoms with E-state index in [-0.39, 0.29) is 0 Å². The van der Waals surface area contributed by atoms with Gasteiger partial charge in [-0.3, -0.25) is 9.69 Å². The van der Waals surface area contributed by atoms with Crippen molar-refractivity contribution < 1.29 is 4.79 Å². The number of thiophene rings is 1. The zero-order chi connectivity index (χ0) is 14.8. The van der Waals surface area contributed by atoms with Gasteiger partial charge in [0, 0.05) is 19.1 Å². The second-order valence-electron chi connectivity index (χ2n) is 6.93. The van der Waals surface area contributed by atoms with E-state index >= 15 is 0 Å². The number of rotatable bonds is 3. The van der Waals surface area contributed by atoms with Crippen LogP contribution in [-0.4, -0.2) is 41.9 Å². The average molecular weight is 306 g/mol. The van der Waals surface area contributed by atoms with Crippen LogP contribution in [0.25, 0.3) is 0 Å². The molecular formula is C17H26N2OS. The fraction of sp³-hybridized carbons (Fsp3) is 0.706. The predicted molar refractivity (Wildman–Crippen MR) is 87.4 cm³/mol. The van der Waals surface area contributed by atoms with Crippen molar-refractivity contribution in [1.29, 1.82) is 0 Å². The molecule has 0 N–H and O–H groups in total. The molecule has 2 aliphatic rings. The predicted octanol–water partition coefficient (Wildman–Crippen LogP) is 3.39. The van der Waals surface area contributed by atoms with E-state index in [9.17, 15) is 4.79 Å². The van der Waals surface area contributed by atoms with E-state index in [1.165, 1.54) is 24.8 Å². The average Bonchev–Trinajstić information content (AvgIpc) is 3.07. The molecule has 116 valence electrons. The quantitative estimate of drug-likeness (QED) is 0.854. The van der Waals surface area contributed by atoms with E-state index in [0.717, 1.165) is 19.6 Å². The first kappa shape index (κ1) is 15.0. The van der Waals surface area contributed by atoms with Gasteiger partial charge in [0.05, 0.1) is 6.54 Å². The summed E-state index contributed by atoms with van der Waals surface area (Å²) in [6, 6.07) is 2.67. The molecule has 1 amide bonds. The molecule has 3 atom stereocenters. The van der Waals surface area contributed by atoms with Crippen LogP contribution in [0.5, 0.6) is 0 Å². The van der Waals surface area contributed by atoms with Gasteiger partial charge < -0.3 is 4.90 Å². The first-order valence-corrected chi connectivity index (χ1v) is 9.11. The minimum Gasteiger partial charge on any atom is -0.341 e. The van der Waals surface area contributed by atoms with E-state index in [1.807, 2.05) is 0 Å². The number of hydrogen-bond donors (Lipinski definition) is 0. The summed E-state index contributed by atoms with van der Waals surface area (Å²) in [7, 11) is 0. The highest BCUT2D eigenvalue weighted by Crippen LogP contribution is 2.33. The lowest BCUT2D eigenvalue weighted by Crippen LogP contribution is -2.46. The molecule has 0 aliphatic carbocycles. The van der Waals surface area contributed by atoms with Gasteiger partial charge in [-0.2, -0.15) is 11.3 Å². The molecule has 0 radical (unpaired) electrons. The van der Waals surface area contributed by atoms with Crippen molar-refractivity contribution in [2.45, 2.75) is 39.2 Å². The van der Waals surface area contributed by atoms with Crippen molar-refractivity contribution >= 4 is 17.2 Å². The molecular weight excluding hydrogens is 280 g/mol. The largest absolute Gasteiger partial charge is 0.341 e. The monoisotopic (exact) mass is 306 g/mol. The Morgan fingerprint density at radius 3 is 2.76 bits per heavy atom. The maximum absolute atomic E-state index is 12.6. The van der Waals surface area contributed by atoms with Crippen LogP contribution in [0.3, 0.4) is 0 Å². The molecule has 0 saturated carbocycles. The summed E-state index contributed by atoms with van der Waals surface area (Å²) >= 11 is 1.75. The number of carbonyl (C=O) groups excluding carboxylic acids is 1. The summed E-state index contributed by atoms with van der Waals surface area (Å²) in [6.45, 7) is 8.07. The van der Waals surface area contributed by atoms with Gasteiger partial charge >= 0.3 is 0 Å². The van der Waals surface area contributed by atoms with Crippen LogP contribution in [0.1, 0.15) is 44.7 Å². The molecule has 21 heavy (non-hydrogen) atoms. The summed E-state index contributed by atoms with van der Waals surface area (Å²) in [4.78, 5) is 17.1. The van der Waals surface area contributed by atoms with Crippen molar-refractivity contribution in [3.05, 3.63) is 22.4 Å². The van der Waals surface area contributed by atoms with Crippen LogP contribution in [0.4, 0.5) is 0 Å². The lowest BCUT2D eigenvalue weighted by molar-refractivity contribution is -0.135. The number of nitrogens with zero attached hydrogens (tertiary/aromatic N) is 2. The van der Waals surface area contributed by atoms with E-state index in [4.69, 9.17) is 0 Å². The summed E-state index contributed by atoms with van der Waals surface area (Å²) in [5.41, 5.74) is 1.39. The number of amides is 1. The van der Waals surface area contributed by atoms with Crippen molar-refractivity contribution in [3.8, 4) is 0 Å². The molecule has 2 saturated heterocycles. The maximum atomic E-state index is 12.6. The molecule has 2 fully saturated rings. The molecule has 3 rings (SSSR count). The Hall–Kier alpha value is -0.870. The van der Waals surface area contributed by atoms with Crippen molar-refractivity contribution in [2.24, 2.45) is 11.8 Å². The maximum Gasteiger partial charge on any atom is 0.236 e. The normalized spacial score (nSPS) is 30.8. The second kappa shape index (κ2) is 6.49. The van der Waals surface area contributed by atoms with E-state index in [0.29, 0.717) is 30.3 Å². The van der Waals surface area contributed by atoms with Gasteiger partial charge in [-0.05, 0) is 60.0 Å². The Kier molecular flexibility index (Phi) is 4.65. The van der Waals surface area contributed by atoms with E-state index in [2.05, 4.69) is 40.5 Å². The molecule has 0 unspecified atom stereocenters. The molecule has 0 aromatic carbocycles. The Bertz CT molecular complexity index is 463. The van der Waals surface area contributed by atoms with Gasteiger partial charge in [0.2, 0.25) is 5.91 Å². The van der Waals surface area contributed by atoms with Crippen LogP contribution in [-0.2, 0) is 4.79 Å². The summed E-state index contributed by atoms with van der Waals surface area (Å²) in [5.74, 6) is 1.61. The highest BCUT2D eigenvalue weighted by atomic mass is 32.1. The minimum atomic E-state index is 0.329. The Morgan fingerprint density at radius 2 is 2.10 bits per heavy atom. The molecule has 0 bridgehead atoms. The number of carbonyl (C=O) groups is 1. The van der Waals surface area contributed by atoms with Crippen LogP contribution in [0.15, 0.2) is 16.8 Å². The SMILES string of the molecule is C[C@@H]1C[C@@H](C)CN(C(=O)CN2CCC[C@@H]2c2ccsc2)C1. The molecule has 3 nitrogen and oxygen atoms in total. The van der Waals surface area contributed by atoms with Gasteiger partial charge in [-0.15, -0.1) is 0 Å². The molecule has 1 aromatic rings. The lowest BCUT2D eigenvalue weighted by Gasteiger charge is -2.36. The van der Waals surface area contributed by atoms with Crippen LogP contribution in [0, 0.1) is 11.8 Å². The Labute approximate surface area is 131 Å². The number of piperidine rings is 1. The Morgan fingerprint density at radius 1 is 1.33 bits per heavy atom. The third-order valence-corrected chi connectivity index (χ3v) is 5.55. The van der Waals surface area contributed by atoms with Crippen molar-refractivity contribution in [2.75, 3.05) is 26.2 Å². The van der Waals surface area contributed by atoms with Gasteiger partial charge in [0.25, 0.3) is 0 Å². The van der Waals surface area contributed by atoms with Crippen LogP contribution >= 0.6 is 11.3 Å². The number of hydrogen-bond acceptors (Lipinski definition) is 3. The van der Waals surface area contributed by atoms with Gasteiger partial charge in [-0.1, -0.05) is 13.8 Å². The molecule has 2 aliphatic heterocycles. The lowest BCUT2D eigenvalue weighted by atomic mass is 9.92. The summed E-state index contributed by atoms with van der Waals surface area (Å²) in [5, 5.41) is 4.38. The molecule has 4 heteroatoms. The van der Waals surface area contributed by atoms with Gasteiger partial charge in [0.15, 0.2) is 0 Å². The van der Waals surface area contributed by atoms with Gasteiger partial charge in [0.1, 0.15) is 0 Å². The zero-order valence-corrected chi connectivity index (χ0v) is 13.9. The summed E-state index contributed by atoms with van der Waals surface area (Å²) in [6.07, 6.45) is 3.66. The minimum absolute atomic E-state index is 0.329. The highest BCUT2D eigenvalue weighted by Gasteiger charge is 2.31. The first-order chi connectivity index (χ1) is 10.1. The summed E-state index contributed by atoms with van der Waals surface area (Å²) < 4.78 is 0. The zero-order valence-electron chi connectivity index (χ0n) is 13.1. The third kappa shape index (κ3) is 3.49. The van der Waals surface area contributed by atoms with Crippen molar-refractivity contribution in [1.82, 2.24) is 9.80 Å². The standard InChI is InChI=1S/C17H26N2OS/c1-13-8-14(2)10-19(9-13)17(20)11-18-6-3-4-16(18)15-5-7-21-12-15/h5,7,12-14,16H,3-4,6,8-11H2,1-2H3/t13-,14-,16-/m1/s1. The van der Waals surface area contributed by atoms with Crippen LogP contribution in [0.2, 0.25) is 0 Å².